The molecule has 0 heterocycles. The quantitative estimate of drug-likeness (QED) is 0.481. The van der Waals surface area contributed by atoms with Gasteiger partial charge in [0.2, 0.25) is 0 Å². The van der Waals surface area contributed by atoms with E-state index in [9.17, 15) is 0 Å². The van der Waals surface area contributed by atoms with Crippen LogP contribution in [0.25, 0.3) is 0 Å². The standard InChI is InChI=1S/C18H20N2O3/c1-12-17(18(12)19)13-8-4-3-5-10-15(13)21-23-22-16-11-7-6-9-14(16)20-2/h3-9,11,16-18H,1,10,19H2,2H3. The number of aliphatic imine (C=N–C) groups is 1. The van der Waals surface area contributed by atoms with Crippen LogP contribution < -0.4 is 5.73 Å². The number of nitrogens with zero attached hydrogens (tertiary/aromatic N) is 1. The van der Waals surface area contributed by atoms with Gasteiger partial charge in [-0.2, -0.15) is 4.89 Å². The van der Waals surface area contributed by atoms with Crippen molar-refractivity contribution in [3.05, 3.63) is 72.1 Å². The number of hydrogen-bond acceptors (Lipinski definition) is 5. The lowest BCUT2D eigenvalue weighted by Crippen LogP contribution is -2.22. The largest absolute Gasteiger partial charge is 0.323 e. The molecule has 5 nitrogen and oxygen atoms in total. The third-order valence-corrected chi connectivity index (χ3v) is 4.05. The maximum atomic E-state index is 5.99. The summed E-state index contributed by atoms with van der Waals surface area (Å²) < 4.78 is 0. The van der Waals surface area contributed by atoms with Gasteiger partial charge in [0.25, 0.3) is 0 Å². The molecule has 0 aromatic heterocycles. The van der Waals surface area contributed by atoms with Crippen molar-refractivity contribution in [3.63, 3.8) is 0 Å². The Morgan fingerprint density at radius 1 is 1.22 bits per heavy atom. The van der Waals surface area contributed by atoms with E-state index in [0.29, 0.717) is 12.2 Å². The van der Waals surface area contributed by atoms with Gasteiger partial charge in [0.15, 0.2) is 11.9 Å². The second-order valence-electron chi connectivity index (χ2n) is 5.51. The molecule has 0 spiro atoms. The first-order valence-electron chi connectivity index (χ1n) is 7.54. The Hall–Kier alpha value is -2.21. The van der Waals surface area contributed by atoms with E-state index in [0.717, 1.165) is 16.9 Å². The Morgan fingerprint density at radius 2 is 2.00 bits per heavy atom. The zero-order valence-corrected chi connectivity index (χ0v) is 13.0. The van der Waals surface area contributed by atoms with Crippen molar-refractivity contribution in [2.24, 2.45) is 16.6 Å². The Kier molecular flexibility index (Phi) is 4.71. The minimum absolute atomic E-state index is 0.0162. The maximum absolute atomic E-state index is 5.99. The van der Waals surface area contributed by atoms with Gasteiger partial charge in [0.05, 0.1) is 5.71 Å². The fourth-order valence-corrected chi connectivity index (χ4v) is 2.61. The molecule has 2 N–H and O–H groups in total. The molecule has 3 rings (SSSR count). The summed E-state index contributed by atoms with van der Waals surface area (Å²) in [4.78, 5) is 14.9. The highest BCUT2D eigenvalue weighted by Gasteiger charge is 2.43. The van der Waals surface area contributed by atoms with Crippen LogP contribution in [0.4, 0.5) is 0 Å². The summed E-state index contributed by atoms with van der Waals surface area (Å²) in [5.74, 6) is 0.800. The predicted molar refractivity (Wildman–Crippen MR) is 89.2 cm³/mol. The Morgan fingerprint density at radius 3 is 2.74 bits per heavy atom. The molecule has 23 heavy (non-hydrogen) atoms. The molecule has 0 radical (unpaired) electrons. The van der Waals surface area contributed by atoms with Crippen LogP contribution in [-0.4, -0.2) is 24.9 Å². The van der Waals surface area contributed by atoms with Gasteiger partial charge >= 0.3 is 0 Å². The van der Waals surface area contributed by atoms with Crippen LogP contribution >= 0.6 is 0 Å². The molecule has 3 atom stereocenters. The average Bonchev–Trinajstić information content (AvgIpc) is 3.23. The van der Waals surface area contributed by atoms with Crippen LogP contribution in [0, 0.1) is 5.92 Å². The van der Waals surface area contributed by atoms with Gasteiger partial charge in [0, 0.05) is 31.0 Å². The van der Waals surface area contributed by atoms with Gasteiger partial charge in [-0.25, -0.2) is 0 Å². The molecule has 1 saturated carbocycles. The minimum Gasteiger partial charge on any atom is -0.323 e. The van der Waals surface area contributed by atoms with Crippen molar-refractivity contribution in [3.8, 4) is 0 Å². The molecule has 0 aromatic carbocycles. The molecule has 120 valence electrons. The van der Waals surface area contributed by atoms with Crippen LogP contribution in [0.15, 0.2) is 77.1 Å². The zero-order chi connectivity index (χ0) is 16.2. The second kappa shape index (κ2) is 6.91. The van der Waals surface area contributed by atoms with Gasteiger partial charge in [-0.05, 0) is 17.2 Å². The van der Waals surface area contributed by atoms with E-state index in [4.69, 9.17) is 20.5 Å². The molecule has 0 bridgehead atoms. The molecule has 3 aliphatic rings. The highest BCUT2D eigenvalue weighted by molar-refractivity contribution is 6.00. The molecule has 1 fully saturated rings. The maximum Gasteiger partial charge on any atom is 0.157 e. The highest BCUT2D eigenvalue weighted by Crippen LogP contribution is 2.43. The summed E-state index contributed by atoms with van der Waals surface area (Å²) in [6.07, 6.45) is 15.6. The molecular formula is C18H20N2O3. The van der Waals surface area contributed by atoms with Crippen molar-refractivity contribution in [1.82, 2.24) is 0 Å². The van der Waals surface area contributed by atoms with Crippen LogP contribution in [-0.2, 0) is 14.8 Å². The lowest BCUT2D eigenvalue weighted by molar-refractivity contribution is -0.500. The van der Waals surface area contributed by atoms with Gasteiger partial charge in [-0.3, -0.25) is 4.99 Å². The summed E-state index contributed by atoms with van der Waals surface area (Å²) in [5.41, 5.74) is 8.75. The van der Waals surface area contributed by atoms with Crippen LogP contribution in [0.2, 0.25) is 0 Å². The van der Waals surface area contributed by atoms with E-state index in [2.05, 4.69) is 11.6 Å². The van der Waals surface area contributed by atoms with Crippen molar-refractivity contribution in [2.45, 2.75) is 18.6 Å². The SMILES string of the molecule is C=C1C(N)C1C1=C(OOOC2C=CC=CC2=NC)CC=CC=C1. The fourth-order valence-electron chi connectivity index (χ4n) is 2.61. The van der Waals surface area contributed by atoms with E-state index in [1.807, 2.05) is 48.6 Å². The van der Waals surface area contributed by atoms with E-state index >= 15 is 0 Å². The minimum atomic E-state index is -0.385. The topological polar surface area (TPSA) is 66.1 Å². The third kappa shape index (κ3) is 3.42. The summed E-state index contributed by atoms with van der Waals surface area (Å²) >= 11 is 0. The number of allylic oxidation sites excluding steroid dienone is 6. The number of hydrogen-bond donors (Lipinski definition) is 1. The first kappa shape index (κ1) is 15.7. The van der Waals surface area contributed by atoms with Crippen molar-refractivity contribution < 1.29 is 14.8 Å². The Labute approximate surface area is 135 Å². The van der Waals surface area contributed by atoms with Crippen molar-refractivity contribution >= 4 is 5.71 Å². The van der Waals surface area contributed by atoms with Gasteiger partial charge < -0.3 is 10.6 Å². The molecular weight excluding hydrogens is 292 g/mol. The summed E-state index contributed by atoms with van der Waals surface area (Å²) in [6.45, 7) is 3.97. The monoisotopic (exact) mass is 312 g/mol. The average molecular weight is 312 g/mol. The molecule has 0 aliphatic heterocycles. The Bertz CT molecular complexity index is 668. The number of nitrogens with two attached hydrogens (primary N) is 1. The first-order valence-corrected chi connectivity index (χ1v) is 7.54. The van der Waals surface area contributed by atoms with Crippen molar-refractivity contribution in [2.75, 3.05) is 7.05 Å². The smallest absolute Gasteiger partial charge is 0.157 e. The first-order chi connectivity index (χ1) is 11.2. The van der Waals surface area contributed by atoms with Gasteiger partial charge in [-0.1, -0.05) is 48.6 Å². The highest BCUT2D eigenvalue weighted by atomic mass is 17.5. The zero-order valence-electron chi connectivity index (χ0n) is 13.0. The van der Waals surface area contributed by atoms with E-state index in [1.54, 1.807) is 7.05 Å². The molecule has 0 aromatic rings. The van der Waals surface area contributed by atoms with Crippen LogP contribution in [0.5, 0.6) is 0 Å². The summed E-state index contributed by atoms with van der Waals surface area (Å²) in [5, 5.41) is 5.02. The number of rotatable bonds is 5. The predicted octanol–water partition coefficient (Wildman–Crippen LogP) is 2.72. The molecule has 3 unspecified atom stereocenters. The Balaban J connectivity index is 1.64. The van der Waals surface area contributed by atoms with E-state index in [1.165, 1.54) is 0 Å². The normalized spacial score (nSPS) is 31.0. The van der Waals surface area contributed by atoms with Crippen molar-refractivity contribution in [1.29, 1.82) is 0 Å². The van der Waals surface area contributed by atoms with E-state index < -0.39 is 0 Å². The molecule has 3 aliphatic carbocycles. The van der Waals surface area contributed by atoms with Gasteiger partial charge in [-0.15, -0.1) is 0 Å². The van der Waals surface area contributed by atoms with Gasteiger partial charge in [0.1, 0.15) is 0 Å². The van der Waals surface area contributed by atoms with Crippen LogP contribution in [0.1, 0.15) is 6.42 Å². The molecule has 0 amide bonds. The summed E-state index contributed by atoms with van der Waals surface area (Å²) in [7, 11) is 1.71. The fraction of sp³-hybridized carbons (Fsp3) is 0.278. The van der Waals surface area contributed by atoms with Crippen LogP contribution in [0.3, 0.4) is 0 Å². The van der Waals surface area contributed by atoms with E-state index in [-0.39, 0.29) is 18.1 Å². The molecule has 5 heteroatoms. The lowest BCUT2D eigenvalue weighted by Gasteiger charge is -2.15. The second-order valence-corrected chi connectivity index (χ2v) is 5.51. The third-order valence-electron chi connectivity index (χ3n) is 4.05. The molecule has 0 saturated heterocycles. The summed E-state index contributed by atoms with van der Waals surface area (Å²) in [6, 6.07) is -0.0162. The lowest BCUT2D eigenvalue weighted by atomic mass is 10.1.